The van der Waals surface area contributed by atoms with Crippen molar-refractivity contribution in [3.63, 3.8) is 0 Å². The fraction of sp³-hybridized carbons (Fsp3) is 0.647. The zero-order chi connectivity index (χ0) is 16.8. The van der Waals surface area contributed by atoms with E-state index in [1.807, 2.05) is 0 Å². The van der Waals surface area contributed by atoms with Crippen LogP contribution in [0.5, 0.6) is 0 Å². The summed E-state index contributed by atoms with van der Waals surface area (Å²) in [4.78, 5) is 0. The van der Waals surface area contributed by atoms with E-state index >= 15 is 0 Å². The van der Waals surface area contributed by atoms with E-state index in [0.717, 1.165) is 31.4 Å². The average Bonchev–Trinajstić information content (AvgIpc) is 2.92. The smallest absolute Gasteiger partial charge is 0.215 e. The molecule has 1 heterocycles. The molecule has 0 unspecified atom stereocenters. The van der Waals surface area contributed by atoms with Crippen molar-refractivity contribution in [3.05, 3.63) is 34.9 Å². The molecule has 23 heavy (non-hydrogen) atoms. The zero-order valence-electron chi connectivity index (χ0n) is 13.8. The molecular formula is C17H27ClN2O2S. The van der Waals surface area contributed by atoms with E-state index in [1.54, 1.807) is 24.3 Å². The number of rotatable bonds is 9. The van der Waals surface area contributed by atoms with Gasteiger partial charge < -0.3 is 5.32 Å². The van der Waals surface area contributed by atoms with E-state index in [9.17, 15) is 8.42 Å². The quantitative estimate of drug-likeness (QED) is 0.664. The Labute approximate surface area is 145 Å². The first kappa shape index (κ1) is 18.7. The molecule has 1 aromatic carbocycles. The first-order valence-corrected chi connectivity index (χ1v) is 10.4. The van der Waals surface area contributed by atoms with Crippen LogP contribution in [0.2, 0.25) is 5.02 Å². The number of hydrogen-bond acceptors (Lipinski definition) is 3. The molecule has 0 aliphatic carbocycles. The summed E-state index contributed by atoms with van der Waals surface area (Å²) < 4.78 is 26.7. The number of benzene rings is 1. The van der Waals surface area contributed by atoms with E-state index in [4.69, 9.17) is 11.6 Å². The van der Waals surface area contributed by atoms with Crippen molar-refractivity contribution in [1.29, 1.82) is 0 Å². The molecule has 0 spiro atoms. The standard InChI is InChI=1S/C17H27ClN2O2S/c1-17(11-5-12-19-17)10-3-2-4-13-20-23(21,22)14-15-6-8-16(18)9-7-15/h6-9,19-20H,2-5,10-14H2,1H3/t17-/m0/s1. The minimum absolute atomic E-state index is 0.00611. The predicted octanol–water partition coefficient (Wildman–Crippen LogP) is 3.46. The van der Waals surface area contributed by atoms with Crippen LogP contribution in [0.25, 0.3) is 0 Å². The van der Waals surface area contributed by atoms with Gasteiger partial charge in [0.2, 0.25) is 10.0 Å². The summed E-state index contributed by atoms with van der Waals surface area (Å²) >= 11 is 5.80. The van der Waals surface area contributed by atoms with E-state index in [2.05, 4.69) is 17.0 Å². The molecule has 1 atom stereocenters. The fourth-order valence-corrected chi connectivity index (χ4v) is 4.38. The normalized spacial score (nSPS) is 21.7. The highest BCUT2D eigenvalue weighted by Gasteiger charge is 2.26. The van der Waals surface area contributed by atoms with Gasteiger partial charge in [-0.15, -0.1) is 0 Å². The van der Waals surface area contributed by atoms with Crippen molar-refractivity contribution in [3.8, 4) is 0 Å². The molecule has 1 fully saturated rings. The molecule has 130 valence electrons. The van der Waals surface area contributed by atoms with Crippen molar-refractivity contribution in [1.82, 2.24) is 10.0 Å². The van der Waals surface area contributed by atoms with Crippen LogP contribution in [-0.4, -0.2) is 27.0 Å². The van der Waals surface area contributed by atoms with Crippen LogP contribution in [0, 0.1) is 0 Å². The topological polar surface area (TPSA) is 58.2 Å². The molecule has 0 aromatic heterocycles. The van der Waals surface area contributed by atoms with Crippen LogP contribution in [0.1, 0.15) is 51.0 Å². The van der Waals surface area contributed by atoms with Crippen LogP contribution >= 0.6 is 11.6 Å². The Morgan fingerprint density at radius 3 is 2.61 bits per heavy atom. The van der Waals surface area contributed by atoms with Gasteiger partial charge in [-0.05, 0) is 56.8 Å². The van der Waals surface area contributed by atoms with Crippen LogP contribution in [-0.2, 0) is 15.8 Å². The van der Waals surface area contributed by atoms with E-state index in [1.165, 1.54) is 19.3 Å². The van der Waals surface area contributed by atoms with Crippen LogP contribution < -0.4 is 10.0 Å². The van der Waals surface area contributed by atoms with Gasteiger partial charge in [0, 0.05) is 17.1 Å². The Kier molecular flexibility index (Phi) is 6.89. The zero-order valence-corrected chi connectivity index (χ0v) is 15.3. The summed E-state index contributed by atoms with van der Waals surface area (Å²) in [6, 6.07) is 6.92. The molecular weight excluding hydrogens is 332 g/mol. The molecule has 1 saturated heterocycles. The van der Waals surface area contributed by atoms with Gasteiger partial charge >= 0.3 is 0 Å². The number of sulfonamides is 1. The van der Waals surface area contributed by atoms with E-state index < -0.39 is 10.0 Å². The third-order valence-electron chi connectivity index (χ3n) is 4.45. The van der Waals surface area contributed by atoms with Crippen molar-refractivity contribution in [2.45, 2.75) is 56.7 Å². The molecule has 1 aliphatic heterocycles. The minimum atomic E-state index is -3.27. The first-order valence-electron chi connectivity index (χ1n) is 8.35. The van der Waals surface area contributed by atoms with Crippen molar-refractivity contribution in [2.24, 2.45) is 0 Å². The van der Waals surface area contributed by atoms with Crippen LogP contribution in [0.4, 0.5) is 0 Å². The largest absolute Gasteiger partial charge is 0.312 e. The first-order chi connectivity index (χ1) is 10.9. The Balaban J connectivity index is 1.62. The van der Waals surface area contributed by atoms with Crippen molar-refractivity contribution >= 4 is 21.6 Å². The van der Waals surface area contributed by atoms with Crippen molar-refractivity contribution in [2.75, 3.05) is 13.1 Å². The lowest BCUT2D eigenvalue weighted by atomic mass is 9.93. The van der Waals surface area contributed by atoms with Gasteiger partial charge in [-0.3, -0.25) is 0 Å². The highest BCUT2D eigenvalue weighted by molar-refractivity contribution is 7.88. The van der Waals surface area contributed by atoms with Gasteiger partial charge in [-0.1, -0.05) is 36.6 Å². The van der Waals surface area contributed by atoms with Gasteiger partial charge in [-0.25, -0.2) is 13.1 Å². The summed E-state index contributed by atoms with van der Waals surface area (Å²) in [7, 11) is -3.27. The van der Waals surface area contributed by atoms with Gasteiger partial charge in [-0.2, -0.15) is 0 Å². The summed E-state index contributed by atoms with van der Waals surface area (Å²) in [5.41, 5.74) is 1.05. The third kappa shape index (κ3) is 6.79. The number of halogens is 1. The van der Waals surface area contributed by atoms with Gasteiger partial charge in [0.25, 0.3) is 0 Å². The second-order valence-electron chi connectivity index (χ2n) is 6.68. The van der Waals surface area contributed by atoms with Gasteiger partial charge in [0.15, 0.2) is 0 Å². The summed E-state index contributed by atoms with van der Waals surface area (Å²) in [5, 5.41) is 4.17. The lowest BCUT2D eigenvalue weighted by Crippen LogP contribution is -2.35. The lowest BCUT2D eigenvalue weighted by molar-refractivity contribution is 0.366. The molecule has 1 aliphatic rings. The lowest BCUT2D eigenvalue weighted by Gasteiger charge is -2.24. The number of hydrogen-bond donors (Lipinski definition) is 2. The molecule has 2 rings (SSSR count). The fourth-order valence-electron chi connectivity index (χ4n) is 3.07. The molecule has 0 amide bonds. The maximum Gasteiger partial charge on any atom is 0.215 e. The maximum atomic E-state index is 12.0. The average molecular weight is 359 g/mol. The minimum Gasteiger partial charge on any atom is -0.312 e. The predicted molar refractivity (Wildman–Crippen MR) is 96.2 cm³/mol. The Hall–Kier alpha value is -0.620. The third-order valence-corrected chi connectivity index (χ3v) is 6.06. The molecule has 1 aromatic rings. The molecule has 0 saturated carbocycles. The Bertz CT molecular complexity index is 581. The molecule has 0 radical (unpaired) electrons. The van der Waals surface area contributed by atoms with Gasteiger partial charge in [0.05, 0.1) is 5.75 Å². The Morgan fingerprint density at radius 1 is 1.22 bits per heavy atom. The second kappa shape index (κ2) is 8.47. The van der Waals surface area contributed by atoms with Crippen LogP contribution in [0.15, 0.2) is 24.3 Å². The number of nitrogens with one attached hydrogen (secondary N) is 2. The summed E-state index contributed by atoms with van der Waals surface area (Å²) in [6.07, 6.45) is 6.77. The van der Waals surface area contributed by atoms with E-state index in [0.29, 0.717) is 17.1 Å². The highest BCUT2D eigenvalue weighted by atomic mass is 35.5. The maximum absolute atomic E-state index is 12.0. The van der Waals surface area contributed by atoms with Crippen LogP contribution in [0.3, 0.4) is 0 Å². The van der Waals surface area contributed by atoms with Crippen molar-refractivity contribution < 1.29 is 8.42 Å². The second-order valence-corrected chi connectivity index (χ2v) is 8.92. The Morgan fingerprint density at radius 2 is 1.96 bits per heavy atom. The SMILES string of the molecule is C[C@]1(CCCCCNS(=O)(=O)Cc2ccc(Cl)cc2)CCCN1. The molecule has 4 nitrogen and oxygen atoms in total. The molecule has 2 N–H and O–H groups in total. The molecule has 0 bridgehead atoms. The van der Waals surface area contributed by atoms with E-state index in [-0.39, 0.29) is 5.75 Å². The molecule has 6 heteroatoms. The summed E-state index contributed by atoms with van der Waals surface area (Å²) in [6.45, 7) is 3.93. The van der Waals surface area contributed by atoms with Gasteiger partial charge in [0.1, 0.15) is 0 Å². The monoisotopic (exact) mass is 358 g/mol. The number of unbranched alkanes of at least 4 members (excludes halogenated alkanes) is 2. The summed E-state index contributed by atoms with van der Waals surface area (Å²) in [5.74, 6) is 0.00611. The highest BCUT2D eigenvalue weighted by Crippen LogP contribution is 2.24.